The molecular weight excluding hydrogens is 1560 g/mol. The molecule has 2 fully saturated rings. The van der Waals surface area contributed by atoms with Crippen LogP contribution in [0.25, 0.3) is 0 Å². The predicted molar refractivity (Wildman–Crippen MR) is 397 cm³/mol. The summed E-state index contributed by atoms with van der Waals surface area (Å²) in [5.41, 5.74) is 1.42. The number of hydrogen-bond acceptors (Lipinski definition) is 22. The number of carbonyl (C=O) groups is 11. The molecule has 7 rings (SSSR count). The molecule has 0 radical (unpaired) electrons. The van der Waals surface area contributed by atoms with E-state index in [9.17, 15) is 120 Å². The molecular formula is C69H96N9O28P2S3+. The third kappa shape index (κ3) is 26.7. The number of hydrogen-bond donors (Lipinski definition) is 12. The smallest absolute Gasteiger partial charge is 0.356 e. The Morgan fingerprint density at radius 2 is 0.973 bits per heavy atom. The van der Waals surface area contributed by atoms with E-state index in [1.807, 2.05) is 40.0 Å². The first kappa shape index (κ1) is 89.9. The largest absolute Gasteiger partial charge is 0.356 e. The fraction of sp³-hybridized carbons (Fsp3) is 0.565. The Balaban J connectivity index is 1.24. The maximum Gasteiger partial charge on any atom is 0.356 e. The van der Waals surface area contributed by atoms with Crippen molar-refractivity contribution >= 4 is 138 Å². The number of nitrogens with one attached hydrogen (secondary N) is 5. The standard InChI is InChI=1S/C69H95N9O28P2S3/c1-68-35-15-4-11-23-57(79)70-37-17-8-18-38-71-65(87)50(43-109(96,97)98)73-67(89)52(45-111(102,103)104)74-66(88)51(44-110(99,100)101)72-58(80)24-12-5-16-36-69(2)49-42-47(108(93,94)95)28-30-54(49)76(40-20-7-14-26-64(86)106-78-61(83)33-34-62(78)84)56(69)22-10-3-9-21-55(68)75(53-29-27-46(41-48(53)68)107(90,91)92)39-19-6-13-25-63(85)105-77-59(81)31-32-60(77)82/h3,9-10,21-22,27-30,41-42,50-52H,4-8,11-20,23-26,31-40,43-45H2,1-2H3,(H11-,70,71,72,73,74,79,80,87,88,89,90,91,92,93,94,95,96,97,98,99,100,101,102,103,104)/p+1. The van der Waals surface area contributed by atoms with Gasteiger partial charge in [0.2, 0.25) is 35.2 Å². The first-order valence-electron chi connectivity index (χ1n) is 36.3. The van der Waals surface area contributed by atoms with Gasteiger partial charge in [-0.2, -0.15) is 29.8 Å². The zero-order chi connectivity index (χ0) is 81.9. The van der Waals surface area contributed by atoms with Crippen LogP contribution in [0.15, 0.2) is 72.5 Å². The van der Waals surface area contributed by atoms with E-state index < -0.39 is 157 Å². The first-order valence-corrected chi connectivity index (χ1v) is 44.4. The molecule has 42 heteroatoms. The molecule has 2 aromatic carbocycles. The number of nitrogens with zero attached hydrogens (tertiary/aromatic N) is 4. The lowest BCUT2D eigenvalue weighted by Crippen LogP contribution is -2.60. The van der Waals surface area contributed by atoms with E-state index in [4.69, 9.17) is 9.68 Å². The summed E-state index contributed by atoms with van der Waals surface area (Å²) >= 11 is 0. The molecule has 0 aliphatic carbocycles. The molecule has 0 aromatic heterocycles. The minimum absolute atomic E-state index is 0.00549. The molecule has 2 aromatic rings. The highest BCUT2D eigenvalue weighted by molar-refractivity contribution is 7.86. The van der Waals surface area contributed by atoms with E-state index in [1.165, 1.54) is 24.3 Å². The van der Waals surface area contributed by atoms with Gasteiger partial charge in [0, 0.05) is 112 Å². The van der Waals surface area contributed by atoms with Gasteiger partial charge in [-0.3, -0.25) is 65.9 Å². The molecule has 12 N–H and O–H groups in total. The van der Waals surface area contributed by atoms with Crippen LogP contribution in [0.3, 0.4) is 0 Å². The molecule has 0 spiro atoms. The molecule has 612 valence electrons. The van der Waals surface area contributed by atoms with E-state index in [2.05, 4.69) is 16.0 Å². The summed E-state index contributed by atoms with van der Waals surface area (Å²) in [5, 5.41) is 11.4. The number of rotatable bonds is 22. The number of fused-ring (bicyclic) bond motifs is 6. The Labute approximate surface area is 641 Å². The Morgan fingerprint density at radius 3 is 1.50 bits per heavy atom. The average Bonchev–Trinajstić information content (AvgIpc) is 1.59. The normalized spacial score (nSPS) is 23.9. The van der Waals surface area contributed by atoms with Crippen molar-refractivity contribution in [1.82, 2.24) is 36.7 Å². The number of allylic oxidation sites excluding steroid dienone is 6. The van der Waals surface area contributed by atoms with Crippen molar-refractivity contribution in [3.05, 3.63) is 83.6 Å². The van der Waals surface area contributed by atoms with E-state index in [1.54, 1.807) is 36.4 Å². The van der Waals surface area contributed by atoms with Crippen molar-refractivity contribution in [3.8, 4) is 0 Å². The highest BCUT2D eigenvalue weighted by Crippen LogP contribution is 2.52. The van der Waals surface area contributed by atoms with E-state index in [-0.39, 0.29) is 120 Å². The monoisotopic (exact) mass is 1660 g/mol. The molecule has 2 saturated heterocycles. The summed E-state index contributed by atoms with van der Waals surface area (Å²) in [6.07, 6.45) is 13.4. The van der Waals surface area contributed by atoms with Gasteiger partial charge in [-0.05, 0) is 126 Å². The topological polar surface area (TPSA) is 557 Å². The molecule has 5 aliphatic rings. The molecule has 111 heavy (non-hydrogen) atoms. The van der Waals surface area contributed by atoms with Crippen molar-refractivity contribution in [2.45, 2.75) is 203 Å². The third-order valence-corrected chi connectivity index (χ3v) is 23.6. The number of amides is 9. The van der Waals surface area contributed by atoms with Crippen LogP contribution < -0.4 is 42.1 Å². The van der Waals surface area contributed by atoms with Gasteiger partial charge < -0.3 is 60.7 Å². The number of carbonyl (C=O) groups excluding carboxylic acids is 11. The van der Waals surface area contributed by atoms with Crippen LogP contribution in [-0.2, 0) is 113 Å². The minimum atomic E-state index is -5.28. The number of benzene rings is 2. The Bertz CT molecular complexity index is 4450. The molecule has 5 atom stereocenters. The summed E-state index contributed by atoms with van der Waals surface area (Å²) in [7, 11) is -25.4. The number of hydroxylamine groups is 4. The van der Waals surface area contributed by atoms with Gasteiger partial charge in [0.1, 0.15) is 41.9 Å². The zero-order valence-corrected chi connectivity index (χ0v) is 65.6. The third-order valence-electron chi connectivity index (χ3n) is 19.5. The van der Waals surface area contributed by atoms with Crippen molar-refractivity contribution in [1.29, 1.82) is 0 Å². The molecule has 5 aliphatic heterocycles. The van der Waals surface area contributed by atoms with Crippen LogP contribution in [0, 0.1) is 0 Å². The van der Waals surface area contributed by atoms with Gasteiger partial charge in [-0.15, -0.1) is 10.1 Å². The van der Waals surface area contributed by atoms with E-state index in [0.29, 0.717) is 121 Å². The maximum absolute atomic E-state index is 13.8. The van der Waals surface area contributed by atoms with Gasteiger partial charge in [0.25, 0.3) is 54.0 Å². The van der Waals surface area contributed by atoms with Crippen molar-refractivity contribution in [2.24, 2.45) is 0 Å². The Kier molecular flexibility index (Phi) is 32.0. The van der Waals surface area contributed by atoms with Gasteiger partial charge in [0.05, 0.1) is 16.0 Å². The fourth-order valence-corrected chi connectivity index (χ4v) is 16.9. The van der Waals surface area contributed by atoms with Crippen molar-refractivity contribution in [2.75, 3.05) is 48.3 Å². The van der Waals surface area contributed by atoms with Gasteiger partial charge in [-0.1, -0.05) is 50.3 Å². The highest BCUT2D eigenvalue weighted by atomic mass is 32.2. The summed E-state index contributed by atoms with van der Waals surface area (Å²) in [6.45, 7) is 4.32. The number of imide groups is 2. The van der Waals surface area contributed by atoms with E-state index >= 15 is 0 Å². The molecule has 37 nitrogen and oxygen atoms in total. The Morgan fingerprint density at radius 1 is 0.514 bits per heavy atom. The molecule has 0 saturated carbocycles. The van der Waals surface area contributed by atoms with Gasteiger partial charge in [-0.25, -0.2) is 9.59 Å². The summed E-state index contributed by atoms with van der Waals surface area (Å²) < 4.78 is 131. The van der Waals surface area contributed by atoms with Crippen LogP contribution >= 0.6 is 15.2 Å². The molecule has 9 amide bonds. The summed E-state index contributed by atoms with van der Waals surface area (Å²) in [5.74, 6) is -14.8. The number of anilines is 1. The number of unbranched alkanes of at least 4 members (excludes halogenated alkanes) is 4. The van der Waals surface area contributed by atoms with Crippen LogP contribution in [0.1, 0.15) is 185 Å². The Hall–Kier alpha value is -8.27. The summed E-state index contributed by atoms with van der Waals surface area (Å²) in [6, 6.07) is 1.72. The zero-order valence-electron chi connectivity index (χ0n) is 61.3. The van der Waals surface area contributed by atoms with Crippen LogP contribution in [0.2, 0.25) is 0 Å². The minimum Gasteiger partial charge on any atom is -0.356 e. The second-order valence-corrected chi connectivity index (χ2v) is 35.9. The van der Waals surface area contributed by atoms with Crippen LogP contribution in [-0.4, -0.2) is 206 Å². The summed E-state index contributed by atoms with van der Waals surface area (Å²) in [4.78, 5) is 196. The van der Waals surface area contributed by atoms with Crippen molar-refractivity contribution in [3.63, 3.8) is 0 Å². The van der Waals surface area contributed by atoms with Gasteiger partial charge >= 0.3 is 27.1 Å². The van der Waals surface area contributed by atoms with E-state index in [0.717, 1.165) is 0 Å². The van der Waals surface area contributed by atoms with Crippen LogP contribution in [0.5, 0.6) is 0 Å². The molecule has 0 bridgehead atoms. The predicted octanol–water partition coefficient (Wildman–Crippen LogP) is 2.19. The lowest BCUT2D eigenvalue weighted by molar-refractivity contribution is -0.438. The first-order chi connectivity index (χ1) is 52.0. The van der Waals surface area contributed by atoms with Crippen LogP contribution in [0.4, 0.5) is 11.4 Å². The quantitative estimate of drug-likeness (QED) is 0.0264. The lowest BCUT2D eigenvalue weighted by atomic mass is 9.75. The second-order valence-electron chi connectivity index (χ2n) is 28.2. The average molecular weight is 1660 g/mol. The van der Waals surface area contributed by atoms with Gasteiger partial charge in [0.15, 0.2) is 5.71 Å². The molecule has 5 unspecified atom stereocenters. The lowest BCUT2D eigenvalue weighted by Gasteiger charge is -2.30. The highest BCUT2D eigenvalue weighted by Gasteiger charge is 2.49. The van der Waals surface area contributed by atoms with Crippen molar-refractivity contribution < 1.29 is 135 Å². The SMILES string of the molecule is CC12CCCCCC(=O)NCCCCCNC(=O)C(CS(=O)(=O)O)NC(=O)C(CS(=O)(=O)O)NC(=O)C(CS(=O)(=O)O)NC(=O)CCCCCC3(C)/C(=C/C=C/C=C/C1=[N+](CCCCCC(=O)ON1C(=O)CCC1=O)c1ccc(P(=O)(O)O)cc12)N(CCCCCC(=O)ON1C(=O)CCC1=O)c1ccc(P(=O)(O)O)cc13. The second kappa shape index (κ2) is 39.5. The fourth-order valence-electron chi connectivity index (χ4n) is 13.8. The molecule has 5 heterocycles. The maximum atomic E-state index is 13.8.